The molecule has 2 atom stereocenters. The van der Waals surface area contributed by atoms with Crippen LogP contribution in [0.4, 0.5) is 0 Å². The van der Waals surface area contributed by atoms with Gasteiger partial charge >= 0.3 is 0 Å². The first-order chi connectivity index (χ1) is 31.7. The van der Waals surface area contributed by atoms with E-state index < -0.39 is 20.0 Å². The number of halogens is 3. The summed E-state index contributed by atoms with van der Waals surface area (Å²) in [4.78, 5) is 21.7. The number of rotatable bonds is 14. The molecule has 0 spiro atoms. The maximum absolute atomic E-state index is 12.1. The minimum Gasteiger partial charge on any atom is -0.356 e. The Labute approximate surface area is 407 Å². The Morgan fingerprint density at radius 1 is 0.712 bits per heavy atom. The molecule has 2 unspecified atom stereocenters. The predicted octanol–water partition coefficient (Wildman–Crippen LogP) is 9.69. The molecule has 16 heteroatoms. The zero-order valence-corrected chi connectivity index (χ0v) is 41.7. The number of sulfonamides is 2. The van der Waals surface area contributed by atoms with Crippen LogP contribution >= 0.6 is 34.8 Å². The number of amides is 1. The average Bonchev–Trinajstić information content (AvgIpc) is 3.52. The second kappa shape index (κ2) is 22.6. The van der Waals surface area contributed by atoms with Crippen molar-refractivity contribution in [3.63, 3.8) is 0 Å². The standard InChI is InChI=1S/C27H33Cl2N3O3S.C23H28ClN3O2S.H2/c1-36(34,35)32-15-10-19(11-16-32)26-23-9-8-22(29)18-21(23)17-20(24-6-4-14-31-27(24)26)5-3-13-30-25(33)7-2-12-28;1-30(28,29)27-12-8-16(9-13-27)22-20-7-6-19(24)15-18(20)14-17(4-2-10-25)21-5-3-11-26-23(21)22;/h4,6,8-9,14,17-19,26H,2-3,5,7,10-13,15-16H2,1H3,(H,30,33);3,5-7,11,14-16,22H,2,4,8-10,12-13,25H2,1H3;1H. The van der Waals surface area contributed by atoms with E-state index >= 15 is 0 Å². The highest BCUT2D eigenvalue weighted by molar-refractivity contribution is 7.88. The summed E-state index contributed by atoms with van der Waals surface area (Å²) in [5.41, 5.74) is 17.2. The van der Waals surface area contributed by atoms with E-state index in [-0.39, 0.29) is 25.1 Å². The number of fused-ring (bicyclic) bond motifs is 4. The number of piperidine rings is 2. The van der Waals surface area contributed by atoms with Gasteiger partial charge < -0.3 is 11.1 Å². The summed E-state index contributed by atoms with van der Waals surface area (Å²) >= 11 is 18.5. The number of nitrogens with two attached hydrogens (primary N) is 1. The zero-order valence-electron chi connectivity index (χ0n) is 37.8. The first-order valence-electron chi connectivity index (χ1n) is 23.0. The predicted molar refractivity (Wildman–Crippen MR) is 272 cm³/mol. The van der Waals surface area contributed by atoms with E-state index in [2.05, 4.69) is 41.7 Å². The zero-order chi connectivity index (χ0) is 47.0. The molecule has 11 nitrogen and oxygen atoms in total. The summed E-state index contributed by atoms with van der Waals surface area (Å²) in [5.74, 6) is 1.27. The molecule has 3 N–H and O–H groups in total. The second-order valence-electron chi connectivity index (χ2n) is 17.9. The van der Waals surface area contributed by atoms with Crippen LogP contribution in [0.25, 0.3) is 23.3 Å². The number of nitrogens with one attached hydrogen (secondary N) is 1. The van der Waals surface area contributed by atoms with Crippen molar-refractivity contribution in [3.8, 4) is 0 Å². The number of carbonyl (C=O) groups is 1. The molecule has 2 aromatic heterocycles. The lowest BCUT2D eigenvalue weighted by Crippen LogP contribution is -2.39. The maximum Gasteiger partial charge on any atom is 0.220 e. The van der Waals surface area contributed by atoms with Gasteiger partial charge in [0, 0.05) is 80.7 Å². The quantitative estimate of drug-likeness (QED) is 0.0935. The lowest BCUT2D eigenvalue weighted by Gasteiger charge is -2.35. The van der Waals surface area contributed by atoms with Crippen LogP contribution in [0.15, 0.2) is 73.1 Å². The van der Waals surface area contributed by atoms with Crippen LogP contribution in [0.1, 0.15) is 122 Å². The molecule has 4 aliphatic rings. The highest BCUT2D eigenvalue weighted by Gasteiger charge is 2.37. The molecular weight excluding hydrogens is 935 g/mol. The minimum absolute atomic E-state index is 0. The first kappa shape index (κ1) is 50.2. The molecule has 2 aliphatic carbocycles. The molecule has 8 rings (SSSR count). The van der Waals surface area contributed by atoms with Crippen LogP contribution in [0.3, 0.4) is 0 Å². The van der Waals surface area contributed by atoms with E-state index in [4.69, 9.17) is 50.5 Å². The van der Waals surface area contributed by atoms with Crippen molar-refractivity contribution in [2.45, 2.75) is 76.0 Å². The van der Waals surface area contributed by atoms with E-state index in [1.54, 1.807) is 8.61 Å². The topological polar surface area (TPSA) is 156 Å². The van der Waals surface area contributed by atoms with Crippen LogP contribution < -0.4 is 11.1 Å². The summed E-state index contributed by atoms with van der Waals surface area (Å²) in [6, 6.07) is 20.4. The van der Waals surface area contributed by atoms with E-state index in [0.717, 1.165) is 79.4 Å². The van der Waals surface area contributed by atoms with E-state index in [0.29, 0.717) is 74.0 Å². The fourth-order valence-electron chi connectivity index (χ4n) is 10.2. The molecule has 66 heavy (non-hydrogen) atoms. The van der Waals surface area contributed by atoms with Crippen LogP contribution in [-0.4, -0.2) is 99.0 Å². The molecule has 2 aliphatic heterocycles. The van der Waals surface area contributed by atoms with Crippen LogP contribution in [0.2, 0.25) is 10.0 Å². The van der Waals surface area contributed by atoms with Gasteiger partial charge in [-0.2, -0.15) is 0 Å². The van der Waals surface area contributed by atoms with Gasteiger partial charge in [-0.25, -0.2) is 25.4 Å². The van der Waals surface area contributed by atoms with Gasteiger partial charge in [0.15, 0.2) is 0 Å². The lowest BCUT2D eigenvalue weighted by atomic mass is 9.76. The van der Waals surface area contributed by atoms with Gasteiger partial charge in [-0.3, -0.25) is 14.8 Å². The number of hydrogen-bond acceptors (Lipinski definition) is 8. The second-order valence-corrected chi connectivity index (χ2v) is 23.1. The van der Waals surface area contributed by atoms with Gasteiger partial charge in [0.2, 0.25) is 26.0 Å². The van der Waals surface area contributed by atoms with Crippen molar-refractivity contribution in [2.75, 3.05) is 57.7 Å². The van der Waals surface area contributed by atoms with Crippen molar-refractivity contribution < 1.29 is 23.1 Å². The number of carbonyl (C=O) groups excluding carboxylic acids is 1. The molecule has 0 bridgehead atoms. The minimum atomic E-state index is -3.19. The van der Waals surface area contributed by atoms with Gasteiger partial charge in [0.25, 0.3) is 0 Å². The summed E-state index contributed by atoms with van der Waals surface area (Å²) in [6.07, 6.45) is 18.4. The molecule has 2 aromatic carbocycles. The number of allylic oxidation sites excluding steroid dienone is 2. The average molecular weight is 999 g/mol. The lowest BCUT2D eigenvalue weighted by molar-refractivity contribution is -0.121. The number of hydrogen-bond donors (Lipinski definition) is 2. The molecule has 0 radical (unpaired) electrons. The number of aromatic nitrogens is 2. The number of alkyl halides is 1. The number of pyridine rings is 2. The molecule has 2 fully saturated rings. The normalized spacial score (nSPS) is 19.4. The Bertz CT molecular complexity index is 2650. The van der Waals surface area contributed by atoms with Gasteiger partial charge in [0.1, 0.15) is 0 Å². The highest BCUT2D eigenvalue weighted by Crippen LogP contribution is 2.47. The van der Waals surface area contributed by atoms with Gasteiger partial charge in [-0.15, -0.1) is 11.6 Å². The SMILES string of the molecule is CS(=O)(=O)N1CCC(C2c3ccc(Cl)cc3C=C(CCCN)c3cccnc32)CC1.CS(=O)(=O)N1CCC(C2c3ccc(Cl)cc3C=C(CCCNC(=O)CCCCl)c3cccnc32)CC1.[HH]. The van der Waals surface area contributed by atoms with Crippen molar-refractivity contribution in [2.24, 2.45) is 17.6 Å². The van der Waals surface area contributed by atoms with Crippen LogP contribution in [0.5, 0.6) is 0 Å². The largest absolute Gasteiger partial charge is 0.356 e. The molecule has 4 aromatic rings. The Kier molecular flexibility index (Phi) is 17.2. The maximum atomic E-state index is 12.1. The van der Waals surface area contributed by atoms with Crippen molar-refractivity contribution >= 4 is 84.1 Å². The third-order valence-electron chi connectivity index (χ3n) is 13.4. The fourth-order valence-corrected chi connectivity index (χ4v) is 12.4. The number of nitrogens with zero attached hydrogens (tertiary/aromatic N) is 4. The smallest absolute Gasteiger partial charge is 0.220 e. The third-order valence-corrected chi connectivity index (χ3v) is 16.7. The van der Waals surface area contributed by atoms with Crippen LogP contribution in [-0.2, 0) is 24.8 Å². The van der Waals surface area contributed by atoms with E-state index in [1.807, 2.05) is 48.8 Å². The monoisotopic (exact) mass is 996 g/mol. The summed E-state index contributed by atoms with van der Waals surface area (Å²) in [7, 11) is -6.35. The van der Waals surface area contributed by atoms with Crippen molar-refractivity contribution in [3.05, 3.63) is 128 Å². The van der Waals surface area contributed by atoms with Crippen LogP contribution in [0, 0.1) is 11.8 Å². The summed E-state index contributed by atoms with van der Waals surface area (Å²) in [5, 5.41) is 4.38. The van der Waals surface area contributed by atoms with Gasteiger partial charge in [0.05, 0.1) is 23.9 Å². The summed E-state index contributed by atoms with van der Waals surface area (Å²) in [6.45, 7) is 3.40. The Balaban J connectivity index is 0.000000221. The van der Waals surface area contributed by atoms with E-state index in [1.165, 1.54) is 40.3 Å². The van der Waals surface area contributed by atoms with E-state index in [9.17, 15) is 21.6 Å². The Morgan fingerprint density at radius 3 is 1.59 bits per heavy atom. The summed E-state index contributed by atoms with van der Waals surface area (Å²) < 4.78 is 51.3. The third kappa shape index (κ3) is 12.3. The van der Waals surface area contributed by atoms with Crippen molar-refractivity contribution in [1.82, 2.24) is 23.9 Å². The molecule has 1 amide bonds. The Hall–Kier alpha value is -3.66. The molecule has 0 saturated carbocycles. The van der Waals surface area contributed by atoms with Gasteiger partial charge in [-0.05, 0) is 157 Å². The van der Waals surface area contributed by atoms with Gasteiger partial charge in [-0.1, -0.05) is 59.6 Å². The molecule has 2 saturated heterocycles. The first-order valence-corrected chi connectivity index (χ1v) is 28.0. The Morgan fingerprint density at radius 2 is 1.17 bits per heavy atom. The highest BCUT2D eigenvalue weighted by atomic mass is 35.5. The number of benzene rings is 2. The fraction of sp³-hybridized carbons (Fsp3) is 0.460. The molecule has 4 heterocycles. The van der Waals surface area contributed by atoms with Crippen molar-refractivity contribution in [1.29, 1.82) is 0 Å². The molecule has 356 valence electrons. The molecular formula is C50H63Cl3N6O5S2.